The van der Waals surface area contributed by atoms with E-state index in [-0.39, 0.29) is 5.91 Å². The minimum atomic E-state index is -0.644. The molecule has 0 aromatic carbocycles. The van der Waals surface area contributed by atoms with E-state index < -0.39 is 17.6 Å². The zero-order valence-electron chi connectivity index (χ0n) is 16.4. The van der Waals surface area contributed by atoms with Gasteiger partial charge in [-0.3, -0.25) is 4.79 Å². The highest BCUT2D eigenvalue weighted by Crippen LogP contribution is 2.11. The quantitative estimate of drug-likeness (QED) is 0.213. The summed E-state index contributed by atoms with van der Waals surface area (Å²) in [5.41, 5.74) is -0.607. The van der Waals surface area contributed by atoms with E-state index in [4.69, 9.17) is 16.3 Å². The van der Waals surface area contributed by atoms with Crippen LogP contribution in [0.3, 0.4) is 0 Å². The number of unbranched alkanes of at least 4 members (excludes halogenated alkanes) is 9. The molecule has 0 bridgehead atoms. The van der Waals surface area contributed by atoms with Crippen LogP contribution in [0.5, 0.6) is 0 Å². The first kappa shape index (κ1) is 24.2. The van der Waals surface area contributed by atoms with Crippen LogP contribution in [0.2, 0.25) is 0 Å². The lowest BCUT2D eigenvalue weighted by molar-refractivity contribution is -0.149. The third-order valence-corrected chi connectivity index (χ3v) is 4.57. The molecular weight excluding hydrogens is 338 g/mol. The lowest BCUT2D eigenvalue weighted by atomic mass is 10.1. The first-order chi connectivity index (χ1) is 12.0. The van der Waals surface area contributed by atoms with E-state index in [1.54, 1.807) is 6.92 Å². The third-order valence-electron chi connectivity index (χ3n) is 4.27. The van der Waals surface area contributed by atoms with E-state index in [2.05, 4.69) is 19.2 Å². The molecule has 1 unspecified atom stereocenters. The number of carbonyl (C=O) groups excluding carboxylic acids is 2. The van der Waals surface area contributed by atoms with Gasteiger partial charge in [0, 0.05) is 6.42 Å². The largest absolute Gasteiger partial charge is 0.444 e. The Bertz CT molecular complexity index is 350. The Balaban J connectivity index is 3.65. The summed E-state index contributed by atoms with van der Waals surface area (Å²) in [4.78, 5) is 23.7. The molecule has 0 aliphatic rings. The Labute approximate surface area is 159 Å². The molecule has 0 aliphatic carbocycles. The van der Waals surface area contributed by atoms with Gasteiger partial charge in [0.1, 0.15) is 6.04 Å². The summed E-state index contributed by atoms with van der Waals surface area (Å²) in [5, 5.41) is 2.69. The molecule has 4 nitrogen and oxygen atoms in total. The van der Waals surface area contributed by atoms with Gasteiger partial charge in [-0.2, -0.15) is 0 Å². The molecule has 0 aromatic heterocycles. The highest BCUT2D eigenvalue weighted by Gasteiger charge is 2.19. The van der Waals surface area contributed by atoms with Gasteiger partial charge in [0.25, 0.3) is 0 Å². The van der Waals surface area contributed by atoms with Crippen LogP contribution in [0.1, 0.15) is 104 Å². The Morgan fingerprint density at radius 3 is 1.96 bits per heavy atom. The normalized spacial score (nSPS) is 13.3. The molecule has 148 valence electrons. The maximum Gasteiger partial charge on any atom is 0.329 e. The van der Waals surface area contributed by atoms with Crippen molar-refractivity contribution in [3.8, 4) is 0 Å². The third kappa shape index (κ3) is 15.2. The molecule has 0 rings (SSSR count). The molecule has 0 fully saturated rings. The fraction of sp³-hybridized carbons (Fsp3) is 0.900. The number of hydrogen-bond donors (Lipinski definition) is 1. The van der Waals surface area contributed by atoms with E-state index in [1.807, 2.05) is 0 Å². The molecule has 0 aromatic rings. The maximum atomic E-state index is 11.9. The number of halogens is 1. The van der Waals surface area contributed by atoms with Gasteiger partial charge in [0.2, 0.25) is 5.91 Å². The molecule has 0 heterocycles. The molecular formula is C20H38ClNO3. The SMILES string of the molecule is CCCCCCCCCCCC(=O)N[C@@H](C)C(=O)OC(Cl)CCCC. The van der Waals surface area contributed by atoms with Gasteiger partial charge >= 0.3 is 5.97 Å². The summed E-state index contributed by atoms with van der Waals surface area (Å²) in [6.45, 7) is 5.92. The van der Waals surface area contributed by atoms with Crippen LogP contribution in [-0.4, -0.2) is 23.5 Å². The average Bonchev–Trinajstić information content (AvgIpc) is 2.58. The van der Waals surface area contributed by atoms with Gasteiger partial charge in [-0.1, -0.05) is 83.2 Å². The van der Waals surface area contributed by atoms with Crippen LogP contribution < -0.4 is 5.32 Å². The van der Waals surface area contributed by atoms with Gasteiger partial charge in [-0.05, 0) is 26.2 Å². The second-order valence-electron chi connectivity index (χ2n) is 6.86. The number of carbonyl (C=O) groups is 2. The first-order valence-corrected chi connectivity index (χ1v) is 10.6. The number of rotatable bonds is 16. The smallest absolute Gasteiger partial charge is 0.329 e. The number of hydrogen-bond acceptors (Lipinski definition) is 3. The summed E-state index contributed by atoms with van der Waals surface area (Å²) in [6, 6.07) is -0.644. The van der Waals surface area contributed by atoms with Gasteiger partial charge in [0.15, 0.2) is 5.56 Å². The topological polar surface area (TPSA) is 55.4 Å². The zero-order valence-corrected chi connectivity index (χ0v) is 17.2. The Kier molecular flexibility index (Phi) is 16.2. The van der Waals surface area contributed by atoms with Crippen molar-refractivity contribution in [3.05, 3.63) is 0 Å². The van der Waals surface area contributed by atoms with Crippen molar-refractivity contribution in [3.63, 3.8) is 0 Å². The van der Waals surface area contributed by atoms with Crippen LogP contribution in [0.4, 0.5) is 0 Å². The van der Waals surface area contributed by atoms with Crippen molar-refractivity contribution in [2.24, 2.45) is 0 Å². The molecule has 0 aliphatic heterocycles. The number of alkyl halides is 1. The lowest BCUT2D eigenvalue weighted by Gasteiger charge is -2.16. The number of esters is 1. The molecule has 5 heteroatoms. The lowest BCUT2D eigenvalue weighted by Crippen LogP contribution is -2.40. The minimum absolute atomic E-state index is 0.0907. The fourth-order valence-electron chi connectivity index (χ4n) is 2.62. The molecule has 2 atom stereocenters. The van der Waals surface area contributed by atoms with E-state index >= 15 is 0 Å². The van der Waals surface area contributed by atoms with E-state index in [9.17, 15) is 9.59 Å². The highest BCUT2D eigenvalue weighted by atomic mass is 35.5. The summed E-state index contributed by atoms with van der Waals surface area (Å²) >= 11 is 5.95. The van der Waals surface area contributed by atoms with E-state index in [0.29, 0.717) is 12.8 Å². The number of ether oxygens (including phenoxy) is 1. The van der Waals surface area contributed by atoms with Gasteiger partial charge < -0.3 is 10.1 Å². The number of nitrogens with one attached hydrogen (secondary N) is 1. The molecule has 0 saturated heterocycles. The van der Waals surface area contributed by atoms with Crippen molar-refractivity contribution in [1.82, 2.24) is 5.32 Å². The Morgan fingerprint density at radius 1 is 0.880 bits per heavy atom. The predicted molar refractivity (Wildman–Crippen MR) is 105 cm³/mol. The standard InChI is InChI=1S/C20H38ClNO3/c1-4-6-8-9-10-11-12-13-14-16-19(23)22-17(3)20(24)25-18(21)15-7-5-2/h17-18H,4-16H2,1-3H3,(H,22,23)/t17-,18?/m0/s1. The van der Waals surface area contributed by atoms with Crippen molar-refractivity contribution >= 4 is 23.5 Å². The molecule has 1 amide bonds. The monoisotopic (exact) mass is 375 g/mol. The van der Waals surface area contributed by atoms with Gasteiger partial charge in [0.05, 0.1) is 0 Å². The molecule has 25 heavy (non-hydrogen) atoms. The van der Waals surface area contributed by atoms with E-state index in [1.165, 1.54) is 44.9 Å². The second kappa shape index (κ2) is 16.7. The van der Waals surface area contributed by atoms with Crippen molar-refractivity contribution in [1.29, 1.82) is 0 Å². The highest BCUT2D eigenvalue weighted by molar-refractivity contribution is 6.20. The molecule has 0 saturated carbocycles. The average molecular weight is 376 g/mol. The number of amides is 1. The van der Waals surface area contributed by atoms with E-state index in [0.717, 1.165) is 25.7 Å². The van der Waals surface area contributed by atoms with Gasteiger partial charge in [-0.15, -0.1) is 0 Å². The van der Waals surface area contributed by atoms with Crippen LogP contribution in [0.25, 0.3) is 0 Å². The second-order valence-corrected chi connectivity index (χ2v) is 7.34. The first-order valence-electron chi connectivity index (χ1n) is 10.1. The fourth-order valence-corrected chi connectivity index (χ4v) is 2.86. The van der Waals surface area contributed by atoms with Crippen LogP contribution >= 0.6 is 11.6 Å². The van der Waals surface area contributed by atoms with Crippen molar-refractivity contribution < 1.29 is 14.3 Å². The van der Waals surface area contributed by atoms with Crippen LogP contribution in [0, 0.1) is 0 Å². The van der Waals surface area contributed by atoms with Crippen molar-refractivity contribution in [2.75, 3.05) is 0 Å². The van der Waals surface area contributed by atoms with Crippen molar-refractivity contribution in [2.45, 2.75) is 116 Å². The molecule has 1 N–H and O–H groups in total. The summed E-state index contributed by atoms with van der Waals surface area (Å²) < 4.78 is 5.12. The summed E-state index contributed by atoms with van der Waals surface area (Å²) in [6.07, 6.45) is 14.0. The van der Waals surface area contributed by atoms with Gasteiger partial charge in [-0.25, -0.2) is 4.79 Å². The predicted octanol–water partition coefficient (Wildman–Crippen LogP) is 5.71. The summed E-state index contributed by atoms with van der Waals surface area (Å²) in [5.74, 6) is -0.552. The molecule has 0 spiro atoms. The Morgan fingerprint density at radius 2 is 1.40 bits per heavy atom. The summed E-state index contributed by atoms with van der Waals surface area (Å²) in [7, 11) is 0. The van der Waals surface area contributed by atoms with Crippen LogP contribution in [-0.2, 0) is 14.3 Å². The maximum absolute atomic E-state index is 11.9. The van der Waals surface area contributed by atoms with Crippen LogP contribution in [0.15, 0.2) is 0 Å². The zero-order chi connectivity index (χ0) is 18.9. The Hall–Kier alpha value is -0.770. The molecule has 0 radical (unpaired) electrons. The minimum Gasteiger partial charge on any atom is -0.444 e.